The van der Waals surface area contributed by atoms with Gasteiger partial charge in [-0.05, 0) is 38.8 Å². The summed E-state index contributed by atoms with van der Waals surface area (Å²) in [6, 6.07) is 5.12. The van der Waals surface area contributed by atoms with Crippen LogP contribution < -0.4 is 5.32 Å². The normalized spacial score (nSPS) is 13.1. The predicted octanol–water partition coefficient (Wildman–Crippen LogP) is 2.80. The highest BCUT2D eigenvalue weighted by atomic mass is 79.9. The summed E-state index contributed by atoms with van der Waals surface area (Å²) in [5, 5.41) is 3.25. The van der Waals surface area contributed by atoms with Gasteiger partial charge in [0.2, 0.25) is 0 Å². The molecule has 1 aromatic rings. The minimum absolute atomic E-state index is 0.0532. The van der Waals surface area contributed by atoms with E-state index in [-0.39, 0.29) is 11.9 Å². The average Bonchev–Trinajstić information content (AvgIpc) is 2.23. The highest BCUT2D eigenvalue weighted by Gasteiger charge is 2.17. The highest BCUT2D eigenvalue weighted by molar-refractivity contribution is 9.10. The Bertz CT molecular complexity index is 342. The average molecular weight is 289 g/mol. The number of likely N-dealkylation sites (N-methyl/N-ethyl adjacent to an activating group) is 2. The van der Waals surface area contributed by atoms with Crippen molar-refractivity contribution >= 4 is 15.9 Å². The first-order valence-electron chi connectivity index (χ1n) is 5.38. The minimum atomic E-state index is -0.153. The summed E-state index contributed by atoms with van der Waals surface area (Å²) >= 11 is 3.38. The van der Waals surface area contributed by atoms with E-state index in [1.165, 1.54) is 6.07 Å². The van der Waals surface area contributed by atoms with E-state index in [1.807, 2.05) is 32.0 Å². The van der Waals surface area contributed by atoms with Gasteiger partial charge in [-0.15, -0.1) is 0 Å². The molecule has 0 radical (unpaired) electrons. The molecular formula is C12H18BrFN2. The first kappa shape index (κ1) is 13.6. The molecule has 1 aromatic carbocycles. The fourth-order valence-corrected chi connectivity index (χ4v) is 2.00. The summed E-state index contributed by atoms with van der Waals surface area (Å²) < 4.78 is 14.6. The molecule has 0 aromatic heterocycles. The van der Waals surface area contributed by atoms with Crippen molar-refractivity contribution in [3.05, 3.63) is 34.1 Å². The summed E-state index contributed by atoms with van der Waals surface area (Å²) in [6.45, 7) is 3.68. The van der Waals surface area contributed by atoms with E-state index in [2.05, 4.69) is 21.2 Å². The van der Waals surface area contributed by atoms with E-state index < -0.39 is 0 Å². The van der Waals surface area contributed by atoms with Crippen LogP contribution in [0.3, 0.4) is 0 Å². The zero-order valence-corrected chi connectivity index (χ0v) is 11.5. The monoisotopic (exact) mass is 288 g/mol. The van der Waals surface area contributed by atoms with Crippen molar-refractivity contribution in [3.8, 4) is 0 Å². The Morgan fingerprint density at radius 2 is 2.12 bits per heavy atom. The Balaban J connectivity index is 2.95. The first-order valence-corrected chi connectivity index (χ1v) is 6.17. The number of hydrogen-bond donors (Lipinski definition) is 1. The summed E-state index contributed by atoms with van der Waals surface area (Å²) in [5.41, 5.74) is 0.723. The lowest BCUT2D eigenvalue weighted by Crippen LogP contribution is -2.31. The molecule has 4 heteroatoms. The minimum Gasteiger partial charge on any atom is -0.315 e. The summed E-state index contributed by atoms with van der Waals surface area (Å²) in [7, 11) is 3.92. The third kappa shape index (κ3) is 3.54. The van der Waals surface area contributed by atoms with Crippen LogP contribution in [0.2, 0.25) is 0 Å². The van der Waals surface area contributed by atoms with Gasteiger partial charge in [-0.3, -0.25) is 0 Å². The summed E-state index contributed by atoms with van der Waals surface area (Å²) in [6.07, 6.45) is 0. The van der Waals surface area contributed by atoms with Crippen LogP contribution >= 0.6 is 15.9 Å². The molecule has 1 rings (SSSR count). The maximum Gasteiger partial charge on any atom is 0.128 e. The van der Waals surface area contributed by atoms with Crippen LogP contribution in [-0.4, -0.2) is 32.1 Å². The van der Waals surface area contributed by atoms with Gasteiger partial charge in [0, 0.05) is 22.6 Å². The molecule has 0 saturated heterocycles. The zero-order chi connectivity index (χ0) is 12.1. The van der Waals surface area contributed by atoms with Crippen LogP contribution in [0.4, 0.5) is 4.39 Å². The molecule has 0 heterocycles. The number of benzene rings is 1. The Hall–Kier alpha value is -0.450. The van der Waals surface area contributed by atoms with E-state index in [0.29, 0.717) is 0 Å². The van der Waals surface area contributed by atoms with Gasteiger partial charge in [-0.1, -0.05) is 22.9 Å². The molecule has 16 heavy (non-hydrogen) atoms. The Morgan fingerprint density at radius 3 is 2.69 bits per heavy atom. The standard InChI is InChI=1S/C12H18BrFN2/c1-4-15-8-12(16(2)3)10-7-9(13)5-6-11(10)14/h5-7,12,15H,4,8H2,1-3H3. The second-order valence-corrected chi connectivity index (χ2v) is 4.87. The van der Waals surface area contributed by atoms with Gasteiger partial charge in [0.05, 0.1) is 0 Å². The number of nitrogens with zero attached hydrogens (tertiary/aromatic N) is 1. The SMILES string of the molecule is CCNCC(c1cc(Br)ccc1F)N(C)C. The van der Waals surface area contributed by atoms with Crippen molar-refractivity contribution in [1.29, 1.82) is 0 Å². The van der Waals surface area contributed by atoms with E-state index in [9.17, 15) is 4.39 Å². The van der Waals surface area contributed by atoms with Crippen LogP contribution in [0, 0.1) is 5.82 Å². The predicted molar refractivity (Wildman–Crippen MR) is 69.1 cm³/mol. The van der Waals surface area contributed by atoms with Gasteiger partial charge in [0.15, 0.2) is 0 Å². The molecule has 0 aliphatic carbocycles. The summed E-state index contributed by atoms with van der Waals surface area (Å²) in [5.74, 6) is -0.153. The Labute approximate surface area is 105 Å². The molecule has 0 spiro atoms. The van der Waals surface area contributed by atoms with E-state index in [1.54, 1.807) is 6.07 Å². The molecule has 0 saturated carbocycles. The summed E-state index contributed by atoms with van der Waals surface area (Å²) in [4.78, 5) is 2.02. The fraction of sp³-hybridized carbons (Fsp3) is 0.500. The second kappa shape index (κ2) is 6.33. The van der Waals surface area contributed by atoms with Crippen molar-refractivity contribution in [2.24, 2.45) is 0 Å². The van der Waals surface area contributed by atoms with Crippen LogP contribution in [0.5, 0.6) is 0 Å². The van der Waals surface area contributed by atoms with E-state index >= 15 is 0 Å². The van der Waals surface area contributed by atoms with Crippen LogP contribution in [0.15, 0.2) is 22.7 Å². The molecule has 0 aliphatic rings. The van der Waals surface area contributed by atoms with Gasteiger partial charge in [-0.2, -0.15) is 0 Å². The van der Waals surface area contributed by atoms with Crippen LogP contribution in [0.1, 0.15) is 18.5 Å². The molecule has 1 unspecified atom stereocenters. The molecule has 0 fully saturated rings. The fourth-order valence-electron chi connectivity index (χ4n) is 1.62. The lowest BCUT2D eigenvalue weighted by molar-refractivity contribution is 0.283. The quantitative estimate of drug-likeness (QED) is 0.896. The third-order valence-electron chi connectivity index (χ3n) is 2.53. The molecule has 0 aliphatic heterocycles. The maximum atomic E-state index is 13.7. The van der Waals surface area contributed by atoms with E-state index in [4.69, 9.17) is 0 Å². The second-order valence-electron chi connectivity index (χ2n) is 3.95. The van der Waals surface area contributed by atoms with Crippen molar-refractivity contribution < 1.29 is 4.39 Å². The number of nitrogens with one attached hydrogen (secondary N) is 1. The van der Waals surface area contributed by atoms with Crippen molar-refractivity contribution in [3.63, 3.8) is 0 Å². The van der Waals surface area contributed by atoms with Crippen molar-refractivity contribution in [1.82, 2.24) is 10.2 Å². The van der Waals surface area contributed by atoms with Crippen LogP contribution in [-0.2, 0) is 0 Å². The molecule has 0 amide bonds. The number of halogens is 2. The van der Waals surface area contributed by atoms with Crippen molar-refractivity contribution in [2.45, 2.75) is 13.0 Å². The largest absolute Gasteiger partial charge is 0.315 e. The molecule has 0 bridgehead atoms. The molecule has 1 atom stereocenters. The Morgan fingerprint density at radius 1 is 1.44 bits per heavy atom. The van der Waals surface area contributed by atoms with Crippen LogP contribution in [0.25, 0.3) is 0 Å². The zero-order valence-electron chi connectivity index (χ0n) is 9.93. The molecule has 2 nitrogen and oxygen atoms in total. The first-order chi connectivity index (χ1) is 7.56. The smallest absolute Gasteiger partial charge is 0.128 e. The van der Waals surface area contributed by atoms with Crippen molar-refractivity contribution in [2.75, 3.05) is 27.2 Å². The number of rotatable bonds is 5. The third-order valence-corrected chi connectivity index (χ3v) is 3.02. The Kier molecular flexibility index (Phi) is 5.38. The van der Waals surface area contributed by atoms with Gasteiger partial charge >= 0.3 is 0 Å². The molecular weight excluding hydrogens is 271 g/mol. The lowest BCUT2D eigenvalue weighted by Gasteiger charge is -2.25. The lowest BCUT2D eigenvalue weighted by atomic mass is 10.1. The number of hydrogen-bond acceptors (Lipinski definition) is 2. The van der Waals surface area contributed by atoms with Gasteiger partial charge in [0.25, 0.3) is 0 Å². The maximum absolute atomic E-state index is 13.7. The van der Waals surface area contributed by atoms with Gasteiger partial charge in [0.1, 0.15) is 5.82 Å². The molecule has 1 N–H and O–H groups in total. The molecule has 90 valence electrons. The van der Waals surface area contributed by atoms with Gasteiger partial charge in [-0.25, -0.2) is 4.39 Å². The van der Waals surface area contributed by atoms with E-state index in [0.717, 1.165) is 23.1 Å². The van der Waals surface area contributed by atoms with Gasteiger partial charge < -0.3 is 10.2 Å². The highest BCUT2D eigenvalue weighted by Crippen LogP contribution is 2.24. The topological polar surface area (TPSA) is 15.3 Å².